The highest BCUT2D eigenvalue weighted by Gasteiger charge is 2.31. The highest BCUT2D eigenvalue weighted by atomic mass is 19.1. The fourth-order valence-corrected chi connectivity index (χ4v) is 3.32. The van der Waals surface area contributed by atoms with Crippen molar-refractivity contribution in [2.45, 2.75) is 6.54 Å². The largest absolute Gasteiger partial charge is 0.493 e. The van der Waals surface area contributed by atoms with Gasteiger partial charge in [0.05, 0.1) is 33.2 Å². The van der Waals surface area contributed by atoms with E-state index in [-0.39, 0.29) is 36.2 Å². The van der Waals surface area contributed by atoms with Gasteiger partial charge in [-0.1, -0.05) is 0 Å². The Morgan fingerprint density at radius 1 is 1.07 bits per heavy atom. The van der Waals surface area contributed by atoms with Gasteiger partial charge in [-0.05, 0) is 0 Å². The van der Waals surface area contributed by atoms with Crippen molar-refractivity contribution in [3.63, 3.8) is 0 Å². The van der Waals surface area contributed by atoms with Crippen molar-refractivity contribution >= 4 is 17.2 Å². The van der Waals surface area contributed by atoms with E-state index in [1.807, 2.05) is 0 Å². The SMILES string of the molecule is COCCOc1c(N)ncc2c1N(C)CN(c1c(F)c(OC)cc(OC)c1F)C2. The molecular formula is C19H24F2N4O4. The van der Waals surface area contributed by atoms with Gasteiger partial charge in [0, 0.05) is 38.5 Å². The zero-order valence-corrected chi connectivity index (χ0v) is 16.8. The van der Waals surface area contributed by atoms with Gasteiger partial charge in [-0.2, -0.15) is 0 Å². The average molecular weight is 410 g/mol. The van der Waals surface area contributed by atoms with Crippen molar-refractivity contribution in [3.8, 4) is 17.2 Å². The minimum absolute atomic E-state index is 0.106. The van der Waals surface area contributed by atoms with Crippen LogP contribution >= 0.6 is 0 Å². The second-order valence-corrected chi connectivity index (χ2v) is 6.48. The molecule has 0 spiro atoms. The van der Waals surface area contributed by atoms with Gasteiger partial charge in [0.2, 0.25) is 0 Å². The Hall–Kier alpha value is -3.01. The molecule has 0 amide bonds. The first kappa shape index (κ1) is 20.7. The minimum Gasteiger partial charge on any atom is -0.493 e. The number of pyridine rings is 1. The molecule has 0 bridgehead atoms. The van der Waals surface area contributed by atoms with Crippen LogP contribution in [0.5, 0.6) is 17.2 Å². The van der Waals surface area contributed by atoms with Gasteiger partial charge in [0.25, 0.3) is 0 Å². The van der Waals surface area contributed by atoms with Crippen LogP contribution in [0.3, 0.4) is 0 Å². The summed E-state index contributed by atoms with van der Waals surface area (Å²) in [5.41, 5.74) is 7.18. The molecule has 158 valence electrons. The third kappa shape index (κ3) is 3.80. The first-order chi connectivity index (χ1) is 13.9. The quantitative estimate of drug-likeness (QED) is 0.697. The van der Waals surface area contributed by atoms with Gasteiger partial charge < -0.3 is 34.5 Å². The third-order valence-corrected chi connectivity index (χ3v) is 4.64. The molecule has 0 saturated heterocycles. The number of anilines is 3. The Labute approximate surface area is 167 Å². The number of hydrogen-bond acceptors (Lipinski definition) is 8. The Kier molecular flexibility index (Phi) is 6.12. The maximum absolute atomic E-state index is 14.9. The van der Waals surface area contributed by atoms with E-state index in [1.54, 1.807) is 25.3 Å². The van der Waals surface area contributed by atoms with Crippen molar-refractivity contribution in [1.29, 1.82) is 0 Å². The average Bonchev–Trinajstić information content (AvgIpc) is 2.70. The van der Waals surface area contributed by atoms with Crippen LogP contribution in [0.25, 0.3) is 0 Å². The summed E-state index contributed by atoms with van der Waals surface area (Å²) >= 11 is 0. The first-order valence-corrected chi connectivity index (χ1v) is 8.88. The molecule has 0 saturated carbocycles. The summed E-state index contributed by atoms with van der Waals surface area (Å²) < 4.78 is 50.7. The van der Waals surface area contributed by atoms with Gasteiger partial charge >= 0.3 is 0 Å². The summed E-state index contributed by atoms with van der Waals surface area (Å²) in [5.74, 6) is -1.16. The van der Waals surface area contributed by atoms with E-state index in [0.717, 1.165) is 5.69 Å². The van der Waals surface area contributed by atoms with Crippen LogP contribution in [0.4, 0.5) is 26.0 Å². The van der Waals surface area contributed by atoms with Crippen molar-refractivity contribution < 1.29 is 27.7 Å². The van der Waals surface area contributed by atoms with Gasteiger partial charge in [-0.3, -0.25) is 0 Å². The summed E-state index contributed by atoms with van der Waals surface area (Å²) in [6.07, 6.45) is 1.57. The molecule has 2 aromatic rings. The Balaban J connectivity index is 2.02. The number of aromatic nitrogens is 1. The Morgan fingerprint density at radius 3 is 2.31 bits per heavy atom. The number of nitrogens with zero attached hydrogens (tertiary/aromatic N) is 3. The lowest BCUT2D eigenvalue weighted by Crippen LogP contribution is -2.41. The Bertz CT molecular complexity index is 869. The highest BCUT2D eigenvalue weighted by molar-refractivity contribution is 5.74. The number of halogens is 2. The molecule has 1 aromatic heterocycles. The topological polar surface area (TPSA) is 82.3 Å². The zero-order valence-electron chi connectivity index (χ0n) is 16.8. The minimum atomic E-state index is -0.803. The number of methoxy groups -OCH3 is 3. The van der Waals surface area contributed by atoms with Gasteiger partial charge in [-0.25, -0.2) is 13.8 Å². The number of rotatable bonds is 7. The molecule has 29 heavy (non-hydrogen) atoms. The molecular weight excluding hydrogens is 386 g/mol. The fourth-order valence-electron chi connectivity index (χ4n) is 3.32. The smallest absolute Gasteiger partial charge is 0.191 e. The molecule has 1 aliphatic rings. The van der Waals surface area contributed by atoms with Crippen LogP contribution in [0.2, 0.25) is 0 Å². The van der Waals surface area contributed by atoms with Gasteiger partial charge in [0.15, 0.2) is 34.7 Å². The zero-order chi connectivity index (χ0) is 21.1. The number of benzene rings is 1. The van der Waals surface area contributed by atoms with E-state index in [1.165, 1.54) is 25.2 Å². The highest BCUT2D eigenvalue weighted by Crippen LogP contribution is 2.43. The van der Waals surface area contributed by atoms with E-state index in [2.05, 4.69) is 4.98 Å². The van der Waals surface area contributed by atoms with Crippen LogP contribution in [0.1, 0.15) is 5.56 Å². The molecule has 0 radical (unpaired) electrons. The van der Waals surface area contributed by atoms with Gasteiger partial charge in [-0.15, -0.1) is 0 Å². The summed E-state index contributed by atoms with van der Waals surface area (Å²) in [5, 5.41) is 0. The van der Waals surface area contributed by atoms with Crippen LogP contribution in [0, 0.1) is 11.6 Å². The fraction of sp³-hybridized carbons (Fsp3) is 0.421. The molecule has 0 unspecified atom stereocenters. The number of nitrogen functional groups attached to an aromatic ring is 1. The van der Waals surface area contributed by atoms with Crippen molar-refractivity contribution in [1.82, 2.24) is 4.98 Å². The normalized spacial score (nSPS) is 13.3. The molecule has 0 aliphatic carbocycles. The van der Waals surface area contributed by atoms with E-state index in [0.29, 0.717) is 24.5 Å². The summed E-state index contributed by atoms with van der Waals surface area (Å²) in [4.78, 5) is 7.50. The standard InChI is InChI=1S/C19H24F2N4O4/c1-24-10-25(17-14(20)12(27-3)7-13(28-4)15(17)21)9-11-8-23-19(22)18(16(11)24)29-6-5-26-2/h7-8H,5-6,9-10H2,1-4H3,(H2,22,23). The molecule has 0 fully saturated rings. The summed E-state index contributed by atoms with van der Waals surface area (Å²) in [6, 6.07) is 1.18. The predicted molar refractivity (Wildman–Crippen MR) is 105 cm³/mol. The van der Waals surface area contributed by atoms with Crippen LogP contribution in [-0.4, -0.2) is 53.2 Å². The molecule has 2 N–H and O–H groups in total. The Morgan fingerprint density at radius 2 is 1.72 bits per heavy atom. The number of nitrogens with two attached hydrogens (primary N) is 1. The second-order valence-electron chi connectivity index (χ2n) is 6.48. The molecule has 2 heterocycles. The van der Waals surface area contributed by atoms with Crippen molar-refractivity contribution in [3.05, 3.63) is 29.5 Å². The molecule has 10 heteroatoms. The monoisotopic (exact) mass is 410 g/mol. The predicted octanol–water partition coefficient (Wildman–Crippen LogP) is 2.40. The van der Waals surface area contributed by atoms with E-state index in [4.69, 9.17) is 24.7 Å². The molecule has 1 aliphatic heterocycles. The van der Waals surface area contributed by atoms with Crippen molar-refractivity contribution in [2.75, 3.05) is 63.8 Å². The number of ether oxygens (including phenoxy) is 4. The molecule has 1 aromatic carbocycles. The molecule has 0 atom stereocenters. The number of hydrogen-bond donors (Lipinski definition) is 1. The van der Waals surface area contributed by atoms with Crippen LogP contribution < -0.4 is 29.7 Å². The van der Waals surface area contributed by atoms with E-state index < -0.39 is 11.6 Å². The second kappa shape index (κ2) is 8.56. The molecule has 8 nitrogen and oxygen atoms in total. The lowest BCUT2D eigenvalue weighted by atomic mass is 10.1. The van der Waals surface area contributed by atoms with E-state index in [9.17, 15) is 8.78 Å². The lowest BCUT2D eigenvalue weighted by Gasteiger charge is -2.38. The first-order valence-electron chi connectivity index (χ1n) is 8.88. The maximum atomic E-state index is 14.9. The lowest BCUT2D eigenvalue weighted by molar-refractivity contribution is 0.146. The maximum Gasteiger partial charge on any atom is 0.191 e. The van der Waals surface area contributed by atoms with Crippen LogP contribution in [0.15, 0.2) is 12.3 Å². The van der Waals surface area contributed by atoms with E-state index >= 15 is 0 Å². The number of fused-ring (bicyclic) bond motifs is 1. The third-order valence-electron chi connectivity index (χ3n) is 4.64. The molecule has 3 rings (SSSR count). The van der Waals surface area contributed by atoms with Crippen LogP contribution in [-0.2, 0) is 11.3 Å². The summed E-state index contributed by atoms with van der Waals surface area (Å²) in [7, 11) is 5.97. The van der Waals surface area contributed by atoms with Gasteiger partial charge in [0.1, 0.15) is 12.3 Å². The van der Waals surface area contributed by atoms with Crippen molar-refractivity contribution in [2.24, 2.45) is 0 Å². The summed E-state index contributed by atoms with van der Waals surface area (Å²) in [6.45, 7) is 1.06.